The zero-order chi connectivity index (χ0) is 13.2. The number of aryl methyl sites for hydroxylation is 2. The number of hydrogen-bond acceptors (Lipinski definition) is 2. The van der Waals surface area contributed by atoms with Crippen molar-refractivity contribution >= 4 is 38.7 Å². The highest BCUT2D eigenvalue weighted by molar-refractivity contribution is 9.10. The van der Waals surface area contributed by atoms with Crippen LogP contribution in [0, 0.1) is 0 Å². The number of hydrogen-bond donors (Lipinski definition) is 1. The van der Waals surface area contributed by atoms with E-state index < -0.39 is 0 Å². The van der Waals surface area contributed by atoms with Crippen molar-refractivity contribution in [3.05, 3.63) is 57.4 Å². The normalized spacial score (nSPS) is 11.1. The summed E-state index contributed by atoms with van der Waals surface area (Å²) in [5.74, 6) is 0.954. The van der Waals surface area contributed by atoms with Gasteiger partial charge in [0.25, 0.3) is 0 Å². The highest BCUT2D eigenvalue weighted by Crippen LogP contribution is 2.16. The van der Waals surface area contributed by atoms with Crippen molar-refractivity contribution in [1.29, 1.82) is 0 Å². The molecule has 0 radical (unpaired) electrons. The van der Waals surface area contributed by atoms with E-state index in [0.29, 0.717) is 0 Å². The van der Waals surface area contributed by atoms with Gasteiger partial charge in [-0.05, 0) is 46.1 Å². The predicted molar refractivity (Wildman–Crippen MR) is 80.4 cm³/mol. The molecule has 19 heavy (non-hydrogen) atoms. The molecule has 0 aliphatic carbocycles. The van der Waals surface area contributed by atoms with Crippen molar-refractivity contribution in [1.82, 2.24) is 15.0 Å². The van der Waals surface area contributed by atoms with Gasteiger partial charge in [0.2, 0.25) is 0 Å². The van der Waals surface area contributed by atoms with Gasteiger partial charge in [-0.3, -0.25) is 0 Å². The van der Waals surface area contributed by atoms with E-state index in [1.807, 2.05) is 30.3 Å². The average Bonchev–Trinajstić information content (AvgIpc) is 2.80. The molecule has 96 valence electrons. The quantitative estimate of drug-likeness (QED) is 0.780. The van der Waals surface area contributed by atoms with Crippen LogP contribution in [-0.2, 0) is 12.8 Å². The molecule has 0 aliphatic rings. The van der Waals surface area contributed by atoms with Crippen molar-refractivity contribution in [3.8, 4) is 0 Å². The number of fused-ring (bicyclic) bond motifs is 1. The molecule has 0 fully saturated rings. The van der Waals surface area contributed by atoms with Crippen LogP contribution in [0.3, 0.4) is 0 Å². The first-order valence-electron chi connectivity index (χ1n) is 5.95. The molecular formula is C14H11BrClN3. The summed E-state index contributed by atoms with van der Waals surface area (Å²) in [4.78, 5) is 12.0. The number of pyridine rings is 1. The molecule has 0 saturated heterocycles. The van der Waals surface area contributed by atoms with Gasteiger partial charge in [-0.1, -0.05) is 23.7 Å². The van der Waals surface area contributed by atoms with Gasteiger partial charge >= 0.3 is 0 Å². The van der Waals surface area contributed by atoms with Crippen LogP contribution < -0.4 is 0 Å². The summed E-state index contributed by atoms with van der Waals surface area (Å²) in [5.41, 5.74) is 2.97. The lowest BCUT2D eigenvalue weighted by atomic mass is 10.1. The zero-order valence-corrected chi connectivity index (χ0v) is 12.4. The number of nitrogens with zero attached hydrogens (tertiary/aromatic N) is 2. The zero-order valence-electron chi connectivity index (χ0n) is 10.0. The molecule has 1 aromatic carbocycles. The molecule has 3 aromatic rings. The Hall–Kier alpha value is -1.39. The Kier molecular flexibility index (Phi) is 3.53. The Morgan fingerprint density at radius 3 is 2.74 bits per heavy atom. The fourth-order valence-electron chi connectivity index (χ4n) is 1.96. The molecule has 0 amide bonds. The molecule has 0 spiro atoms. The third-order valence-electron chi connectivity index (χ3n) is 2.92. The second-order valence-electron chi connectivity index (χ2n) is 4.33. The van der Waals surface area contributed by atoms with Crippen molar-refractivity contribution in [2.24, 2.45) is 0 Å². The molecule has 3 nitrogen and oxygen atoms in total. The number of halogens is 2. The molecule has 2 aromatic heterocycles. The van der Waals surface area contributed by atoms with Crippen LogP contribution in [0.15, 0.2) is 41.0 Å². The lowest BCUT2D eigenvalue weighted by Crippen LogP contribution is -1.93. The number of aromatic nitrogens is 3. The minimum atomic E-state index is 0.759. The highest BCUT2D eigenvalue weighted by atomic mass is 79.9. The van der Waals surface area contributed by atoms with Crippen LogP contribution in [0.1, 0.15) is 11.4 Å². The molecule has 2 heterocycles. The minimum Gasteiger partial charge on any atom is -0.341 e. The van der Waals surface area contributed by atoms with E-state index >= 15 is 0 Å². The number of nitrogens with one attached hydrogen (secondary N) is 1. The molecule has 0 saturated carbocycles. The second kappa shape index (κ2) is 5.31. The third-order valence-corrected chi connectivity index (χ3v) is 3.60. The molecule has 1 N–H and O–H groups in total. The highest BCUT2D eigenvalue weighted by Gasteiger charge is 2.04. The lowest BCUT2D eigenvalue weighted by Gasteiger charge is -1.99. The van der Waals surface area contributed by atoms with E-state index in [9.17, 15) is 0 Å². The van der Waals surface area contributed by atoms with Crippen LogP contribution in [0.25, 0.3) is 11.2 Å². The Bertz CT molecular complexity index is 706. The smallest absolute Gasteiger partial charge is 0.177 e. The van der Waals surface area contributed by atoms with E-state index in [-0.39, 0.29) is 0 Å². The standard InChI is InChI=1S/C14H11BrClN3/c15-10-7-12-14(17-8-10)19-13(18-12)6-3-9-1-4-11(16)5-2-9/h1-2,4-5,7-8H,3,6H2,(H,17,18,19). The van der Waals surface area contributed by atoms with E-state index in [0.717, 1.165) is 39.3 Å². The molecular weight excluding hydrogens is 326 g/mol. The van der Waals surface area contributed by atoms with Crippen LogP contribution in [0.4, 0.5) is 0 Å². The summed E-state index contributed by atoms with van der Waals surface area (Å²) in [6.07, 6.45) is 3.54. The molecule has 0 unspecified atom stereocenters. The lowest BCUT2D eigenvalue weighted by molar-refractivity contribution is 0.889. The summed E-state index contributed by atoms with van der Waals surface area (Å²) >= 11 is 9.27. The molecule has 0 atom stereocenters. The van der Waals surface area contributed by atoms with Crippen molar-refractivity contribution in [2.75, 3.05) is 0 Å². The summed E-state index contributed by atoms with van der Waals surface area (Å²) in [5, 5.41) is 0.765. The summed E-state index contributed by atoms with van der Waals surface area (Å²) < 4.78 is 0.952. The predicted octanol–water partition coefficient (Wildman–Crippen LogP) is 4.16. The number of imidazole rings is 1. The Labute approximate surface area is 124 Å². The molecule has 5 heteroatoms. The maximum atomic E-state index is 5.87. The van der Waals surface area contributed by atoms with Gasteiger partial charge in [0.15, 0.2) is 5.65 Å². The van der Waals surface area contributed by atoms with E-state index in [2.05, 4.69) is 30.9 Å². The number of aromatic amines is 1. The summed E-state index contributed by atoms with van der Waals surface area (Å²) in [6.45, 7) is 0. The van der Waals surface area contributed by atoms with Gasteiger partial charge in [-0.2, -0.15) is 0 Å². The first-order chi connectivity index (χ1) is 9.20. The Morgan fingerprint density at radius 2 is 1.95 bits per heavy atom. The average molecular weight is 337 g/mol. The van der Waals surface area contributed by atoms with Crippen LogP contribution >= 0.6 is 27.5 Å². The van der Waals surface area contributed by atoms with Gasteiger partial charge in [-0.15, -0.1) is 0 Å². The SMILES string of the molecule is Clc1ccc(CCc2nc3ncc(Br)cc3[nH]2)cc1. The fourth-order valence-corrected chi connectivity index (χ4v) is 2.41. The van der Waals surface area contributed by atoms with Crippen LogP contribution in [-0.4, -0.2) is 15.0 Å². The fraction of sp³-hybridized carbons (Fsp3) is 0.143. The van der Waals surface area contributed by atoms with E-state index in [1.54, 1.807) is 6.20 Å². The molecule has 0 bridgehead atoms. The monoisotopic (exact) mass is 335 g/mol. The van der Waals surface area contributed by atoms with E-state index in [4.69, 9.17) is 11.6 Å². The van der Waals surface area contributed by atoms with Crippen molar-refractivity contribution in [2.45, 2.75) is 12.8 Å². The van der Waals surface area contributed by atoms with Gasteiger partial charge in [0.05, 0.1) is 5.52 Å². The Balaban J connectivity index is 1.76. The molecule has 0 aliphatic heterocycles. The third kappa shape index (κ3) is 2.96. The summed E-state index contributed by atoms with van der Waals surface area (Å²) in [7, 11) is 0. The summed E-state index contributed by atoms with van der Waals surface area (Å²) in [6, 6.07) is 9.89. The topological polar surface area (TPSA) is 41.6 Å². The van der Waals surface area contributed by atoms with Gasteiger partial charge in [-0.25, -0.2) is 9.97 Å². The van der Waals surface area contributed by atoms with Gasteiger partial charge in [0, 0.05) is 22.1 Å². The van der Waals surface area contributed by atoms with Crippen molar-refractivity contribution in [3.63, 3.8) is 0 Å². The van der Waals surface area contributed by atoms with Gasteiger partial charge in [0.1, 0.15) is 5.82 Å². The van der Waals surface area contributed by atoms with Crippen LogP contribution in [0.2, 0.25) is 5.02 Å². The molecule has 3 rings (SSSR count). The van der Waals surface area contributed by atoms with Crippen molar-refractivity contribution < 1.29 is 0 Å². The number of rotatable bonds is 3. The number of H-pyrrole nitrogens is 1. The van der Waals surface area contributed by atoms with Gasteiger partial charge < -0.3 is 4.98 Å². The second-order valence-corrected chi connectivity index (χ2v) is 5.69. The first kappa shape index (κ1) is 12.6. The maximum Gasteiger partial charge on any atom is 0.177 e. The first-order valence-corrected chi connectivity index (χ1v) is 7.12. The largest absolute Gasteiger partial charge is 0.341 e. The van der Waals surface area contributed by atoms with Crippen LogP contribution in [0.5, 0.6) is 0 Å². The minimum absolute atomic E-state index is 0.759. The van der Waals surface area contributed by atoms with E-state index in [1.165, 1.54) is 5.56 Å². The maximum absolute atomic E-state index is 5.87. The Morgan fingerprint density at radius 1 is 1.16 bits per heavy atom. The number of benzene rings is 1.